The van der Waals surface area contributed by atoms with Crippen LogP contribution in [0, 0.1) is 12.8 Å². The van der Waals surface area contributed by atoms with Crippen LogP contribution in [0.1, 0.15) is 43.2 Å². The number of benzene rings is 1. The molecule has 1 nitrogen and oxygen atoms in total. The summed E-state index contributed by atoms with van der Waals surface area (Å²) in [7, 11) is 0. The van der Waals surface area contributed by atoms with Crippen LogP contribution >= 0.6 is 15.9 Å². The Bertz CT molecular complexity index is 431. The van der Waals surface area contributed by atoms with E-state index in [-0.39, 0.29) is 6.61 Å². The van der Waals surface area contributed by atoms with E-state index in [2.05, 4.69) is 47.1 Å². The van der Waals surface area contributed by atoms with Gasteiger partial charge in [-0.15, -0.1) is 0 Å². The average Bonchev–Trinajstić information content (AvgIpc) is 2.41. The van der Waals surface area contributed by atoms with Crippen LogP contribution in [0.2, 0.25) is 0 Å². The third-order valence-electron chi connectivity index (χ3n) is 3.85. The minimum atomic E-state index is 0.194. The predicted octanol–water partition coefficient (Wildman–Crippen LogP) is 4.71. The van der Waals surface area contributed by atoms with Gasteiger partial charge in [0.1, 0.15) is 0 Å². The molecule has 0 aliphatic heterocycles. The van der Waals surface area contributed by atoms with Crippen molar-refractivity contribution in [3.63, 3.8) is 0 Å². The Hall–Kier alpha value is -0.600. The summed E-state index contributed by atoms with van der Waals surface area (Å²) in [6.45, 7) is 2.29. The van der Waals surface area contributed by atoms with Gasteiger partial charge in [-0.1, -0.05) is 53.4 Å². The smallest absolute Gasteiger partial charge is 0.0647 e. The highest BCUT2D eigenvalue weighted by atomic mass is 79.9. The third-order valence-corrected chi connectivity index (χ3v) is 4.74. The van der Waals surface area contributed by atoms with Gasteiger partial charge in [0.05, 0.1) is 6.61 Å². The first-order chi connectivity index (χ1) is 8.70. The maximum absolute atomic E-state index is 9.59. The molecule has 1 aromatic carbocycles. The zero-order valence-electron chi connectivity index (χ0n) is 11.0. The lowest BCUT2D eigenvalue weighted by Crippen LogP contribution is -2.11. The van der Waals surface area contributed by atoms with Crippen molar-refractivity contribution in [2.24, 2.45) is 5.92 Å². The van der Waals surface area contributed by atoms with E-state index in [9.17, 15) is 5.11 Å². The van der Waals surface area contributed by atoms with Crippen molar-refractivity contribution >= 4 is 22.0 Å². The molecule has 18 heavy (non-hydrogen) atoms. The molecule has 0 saturated heterocycles. The highest BCUT2D eigenvalue weighted by molar-refractivity contribution is 9.10. The third kappa shape index (κ3) is 3.46. The lowest BCUT2D eigenvalue weighted by Gasteiger charge is -2.23. The predicted molar refractivity (Wildman–Crippen MR) is 80.5 cm³/mol. The van der Waals surface area contributed by atoms with E-state index in [1.807, 2.05) is 0 Å². The van der Waals surface area contributed by atoms with Crippen LogP contribution in [0.25, 0.3) is 6.08 Å². The van der Waals surface area contributed by atoms with Crippen molar-refractivity contribution in [2.75, 3.05) is 6.61 Å². The van der Waals surface area contributed by atoms with Gasteiger partial charge in [0.2, 0.25) is 0 Å². The largest absolute Gasteiger partial charge is 0.392 e. The van der Waals surface area contributed by atoms with Gasteiger partial charge in [-0.25, -0.2) is 0 Å². The lowest BCUT2D eigenvalue weighted by atomic mass is 9.83. The van der Waals surface area contributed by atoms with Gasteiger partial charge in [-0.3, -0.25) is 0 Å². The van der Waals surface area contributed by atoms with E-state index in [1.54, 1.807) is 0 Å². The van der Waals surface area contributed by atoms with Crippen molar-refractivity contribution in [3.8, 4) is 0 Å². The summed E-state index contributed by atoms with van der Waals surface area (Å²) in [5.41, 5.74) is 3.64. The van der Waals surface area contributed by atoms with Gasteiger partial charge in [0.25, 0.3) is 0 Å². The lowest BCUT2D eigenvalue weighted by molar-refractivity contribution is 0.295. The van der Waals surface area contributed by atoms with Gasteiger partial charge >= 0.3 is 0 Å². The molecule has 2 rings (SSSR count). The fourth-order valence-electron chi connectivity index (χ4n) is 2.74. The minimum absolute atomic E-state index is 0.194. The molecule has 0 radical (unpaired) electrons. The number of hydrogen-bond acceptors (Lipinski definition) is 1. The first-order valence-corrected chi connectivity index (χ1v) is 7.57. The molecule has 2 heteroatoms. The van der Waals surface area contributed by atoms with E-state index in [0.717, 1.165) is 4.47 Å². The van der Waals surface area contributed by atoms with E-state index >= 15 is 0 Å². The Balaban J connectivity index is 2.19. The van der Waals surface area contributed by atoms with Crippen LogP contribution < -0.4 is 0 Å². The summed E-state index contributed by atoms with van der Waals surface area (Å²) in [6, 6.07) is 6.36. The van der Waals surface area contributed by atoms with Gasteiger partial charge in [-0.2, -0.15) is 0 Å². The van der Waals surface area contributed by atoms with E-state index in [0.29, 0.717) is 5.92 Å². The summed E-state index contributed by atoms with van der Waals surface area (Å²) in [5, 5.41) is 9.59. The van der Waals surface area contributed by atoms with Crippen molar-refractivity contribution in [3.05, 3.63) is 39.4 Å². The molecule has 0 aromatic heterocycles. The van der Waals surface area contributed by atoms with Crippen LogP contribution in [0.15, 0.2) is 28.2 Å². The Morgan fingerprint density at radius 2 is 2.06 bits per heavy atom. The number of rotatable bonds is 3. The van der Waals surface area contributed by atoms with E-state index in [4.69, 9.17) is 0 Å². The quantitative estimate of drug-likeness (QED) is 0.857. The van der Waals surface area contributed by atoms with Crippen molar-refractivity contribution < 1.29 is 5.11 Å². The maximum atomic E-state index is 9.59. The Morgan fingerprint density at radius 3 is 2.67 bits per heavy atom. The average molecular weight is 309 g/mol. The van der Waals surface area contributed by atoms with Crippen molar-refractivity contribution in [1.82, 2.24) is 0 Å². The molecule has 0 amide bonds. The molecule has 1 saturated carbocycles. The maximum Gasteiger partial charge on any atom is 0.0647 e. The van der Waals surface area contributed by atoms with Crippen LogP contribution in [0.5, 0.6) is 0 Å². The van der Waals surface area contributed by atoms with E-state index < -0.39 is 0 Å². The molecule has 1 aromatic rings. The van der Waals surface area contributed by atoms with Crippen LogP contribution in [-0.2, 0) is 0 Å². The first-order valence-electron chi connectivity index (χ1n) is 6.78. The first kappa shape index (κ1) is 13.8. The number of halogens is 1. The summed E-state index contributed by atoms with van der Waals surface area (Å²) < 4.78 is 1.14. The highest BCUT2D eigenvalue weighted by Gasteiger charge is 2.17. The Labute approximate surface area is 118 Å². The molecule has 1 aliphatic carbocycles. The molecule has 1 aliphatic rings. The topological polar surface area (TPSA) is 20.2 Å². The van der Waals surface area contributed by atoms with Gasteiger partial charge < -0.3 is 5.11 Å². The van der Waals surface area contributed by atoms with Crippen LogP contribution in [0.3, 0.4) is 0 Å². The molecular weight excluding hydrogens is 288 g/mol. The van der Waals surface area contributed by atoms with E-state index in [1.165, 1.54) is 48.8 Å². The molecule has 98 valence electrons. The SMILES string of the molecule is Cc1cc(C=C(CO)C2CCCCC2)ccc1Br. The van der Waals surface area contributed by atoms with Gasteiger partial charge in [-0.05, 0) is 48.4 Å². The second-order valence-electron chi connectivity index (χ2n) is 5.22. The summed E-state index contributed by atoms with van der Waals surface area (Å²) >= 11 is 3.52. The minimum Gasteiger partial charge on any atom is -0.392 e. The zero-order valence-corrected chi connectivity index (χ0v) is 12.5. The fraction of sp³-hybridized carbons (Fsp3) is 0.500. The van der Waals surface area contributed by atoms with Gasteiger partial charge in [0, 0.05) is 4.47 Å². The molecule has 1 N–H and O–H groups in total. The molecular formula is C16H21BrO. The van der Waals surface area contributed by atoms with Crippen LogP contribution in [0.4, 0.5) is 0 Å². The molecule has 0 unspecified atom stereocenters. The Kier molecular flexibility index (Phi) is 5.02. The molecule has 0 atom stereocenters. The van der Waals surface area contributed by atoms with Crippen LogP contribution in [-0.4, -0.2) is 11.7 Å². The number of hydrogen-bond donors (Lipinski definition) is 1. The summed E-state index contributed by atoms with van der Waals surface area (Å²) in [4.78, 5) is 0. The Morgan fingerprint density at radius 1 is 1.33 bits per heavy atom. The number of aliphatic hydroxyl groups is 1. The monoisotopic (exact) mass is 308 g/mol. The highest BCUT2D eigenvalue weighted by Crippen LogP contribution is 2.31. The van der Waals surface area contributed by atoms with Crippen molar-refractivity contribution in [2.45, 2.75) is 39.0 Å². The number of aliphatic hydroxyl groups excluding tert-OH is 1. The van der Waals surface area contributed by atoms with Gasteiger partial charge in [0.15, 0.2) is 0 Å². The second-order valence-corrected chi connectivity index (χ2v) is 6.08. The fourth-order valence-corrected chi connectivity index (χ4v) is 2.98. The number of aryl methyl sites for hydroxylation is 1. The molecule has 1 fully saturated rings. The van der Waals surface area contributed by atoms with Crippen molar-refractivity contribution in [1.29, 1.82) is 0 Å². The summed E-state index contributed by atoms with van der Waals surface area (Å²) in [6.07, 6.45) is 8.62. The standard InChI is InChI=1S/C16H21BrO/c1-12-9-13(7-8-16(12)17)10-15(11-18)14-5-3-2-4-6-14/h7-10,14,18H,2-6,11H2,1H3. The molecule has 0 heterocycles. The normalized spacial score (nSPS) is 18.1. The zero-order chi connectivity index (χ0) is 13.0. The molecule has 0 bridgehead atoms. The molecule has 0 spiro atoms. The second kappa shape index (κ2) is 6.53. The summed E-state index contributed by atoms with van der Waals surface area (Å²) in [5.74, 6) is 0.590.